The molecule has 1 aliphatic heterocycles. The van der Waals surface area contributed by atoms with Crippen LogP contribution in [0.1, 0.15) is 38.7 Å². The van der Waals surface area contributed by atoms with E-state index in [1.165, 1.54) is 19.2 Å². The van der Waals surface area contributed by atoms with Gasteiger partial charge >= 0.3 is 0 Å². The second-order valence-electron chi connectivity index (χ2n) is 7.45. The maximum absolute atomic E-state index is 8.79. The van der Waals surface area contributed by atoms with Crippen molar-refractivity contribution in [3.8, 4) is 0 Å². The SMILES string of the molecule is CC(C)Nc1ncnc(N)c1C(=N)C1=CC2=C(C=CC1)C(NC1CC1)=NC2. The van der Waals surface area contributed by atoms with Crippen molar-refractivity contribution in [3.05, 3.63) is 46.8 Å². The molecule has 1 saturated carbocycles. The summed E-state index contributed by atoms with van der Waals surface area (Å²) >= 11 is 0. The van der Waals surface area contributed by atoms with E-state index in [4.69, 9.17) is 11.1 Å². The van der Waals surface area contributed by atoms with Crippen LogP contribution in [0.25, 0.3) is 0 Å². The van der Waals surface area contributed by atoms with Crippen molar-refractivity contribution in [2.24, 2.45) is 4.99 Å². The highest BCUT2D eigenvalue weighted by molar-refractivity contribution is 6.17. The van der Waals surface area contributed by atoms with Crippen molar-refractivity contribution >= 4 is 23.2 Å². The molecule has 0 amide bonds. The number of hydrogen-bond donors (Lipinski definition) is 4. The lowest BCUT2D eigenvalue weighted by Gasteiger charge is -2.16. The molecule has 2 aliphatic carbocycles. The number of nitrogen functional groups attached to an aromatic ring is 1. The van der Waals surface area contributed by atoms with Gasteiger partial charge in [0.05, 0.1) is 17.8 Å². The molecular weight excluding hydrogens is 338 g/mol. The summed E-state index contributed by atoms with van der Waals surface area (Å²) < 4.78 is 0. The van der Waals surface area contributed by atoms with Gasteiger partial charge in [-0.15, -0.1) is 0 Å². The average Bonchev–Trinajstić information content (AvgIpc) is 3.39. The van der Waals surface area contributed by atoms with E-state index < -0.39 is 0 Å². The molecule has 7 heteroatoms. The van der Waals surface area contributed by atoms with Gasteiger partial charge in [0.1, 0.15) is 23.8 Å². The fourth-order valence-electron chi connectivity index (χ4n) is 3.28. The Balaban J connectivity index is 1.65. The Labute approximate surface area is 159 Å². The van der Waals surface area contributed by atoms with E-state index in [0.29, 0.717) is 41.9 Å². The van der Waals surface area contributed by atoms with Crippen molar-refractivity contribution in [3.63, 3.8) is 0 Å². The standard InChI is InChI=1S/C20H25N7/c1-11(2)26-20-16(18(22)24-10-25-20)17(21)12-4-3-5-15-13(8-12)9-23-19(15)27-14-6-7-14/h3,5,8,10-11,14,21H,4,6-7,9H2,1-2H3,(H,23,27)(H3,22,24,25,26). The van der Waals surface area contributed by atoms with E-state index in [1.54, 1.807) is 0 Å². The molecule has 2 heterocycles. The average molecular weight is 363 g/mol. The molecule has 0 atom stereocenters. The van der Waals surface area contributed by atoms with Crippen LogP contribution >= 0.6 is 0 Å². The van der Waals surface area contributed by atoms with Gasteiger partial charge in [-0.25, -0.2) is 9.97 Å². The highest BCUT2D eigenvalue weighted by Gasteiger charge is 2.27. The Morgan fingerprint density at radius 1 is 1.30 bits per heavy atom. The molecule has 0 radical (unpaired) electrons. The van der Waals surface area contributed by atoms with E-state index in [2.05, 4.69) is 43.8 Å². The van der Waals surface area contributed by atoms with E-state index in [9.17, 15) is 0 Å². The van der Waals surface area contributed by atoms with E-state index in [-0.39, 0.29) is 6.04 Å². The molecule has 7 nitrogen and oxygen atoms in total. The fourth-order valence-corrected chi connectivity index (χ4v) is 3.28. The maximum atomic E-state index is 8.79. The Morgan fingerprint density at radius 2 is 2.11 bits per heavy atom. The molecule has 0 spiro atoms. The third-order valence-electron chi connectivity index (χ3n) is 4.77. The molecular formula is C20H25N7. The van der Waals surface area contributed by atoms with Crippen molar-refractivity contribution in [1.29, 1.82) is 5.41 Å². The minimum absolute atomic E-state index is 0.183. The third kappa shape index (κ3) is 3.63. The lowest BCUT2D eigenvalue weighted by molar-refractivity contribution is 0.885. The minimum atomic E-state index is 0.183. The van der Waals surface area contributed by atoms with Crippen LogP contribution in [-0.2, 0) is 0 Å². The van der Waals surface area contributed by atoms with Crippen LogP contribution in [-0.4, -0.2) is 40.1 Å². The van der Waals surface area contributed by atoms with Gasteiger partial charge in [0.2, 0.25) is 0 Å². The van der Waals surface area contributed by atoms with Crippen molar-refractivity contribution < 1.29 is 0 Å². The van der Waals surface area contributed by atoms with Gasteiger partial charge in [0.15, 0.2) is 0 Å². The van der Waals surface area contributed by atoms with Crippen LogP contribution in [0.3, 0.4) is 0 Å². The summed E-state index contributed by atoms with van der Waals surface area (Å²) in [6.07, 6.45) is 10.8. The van der Waals surface area contributed by atoms with Crippen LogP contribution in [0.2, 0.25) is 0 Å². The van der Waals surface area contributed by atoms with E-state index in [1.807, 2.05) is 13.8 Å². The zero-order valence-electron chi connectivity index (χ0n) is 15.7. The number of hydrogen-bond acceptors (Lipinski definition) is 7. The van der Waals surface area contributed by atoms with Crippen molar-refractivity contribution in [2.45, 2.75) is 45.2 Å². The summed E-state index contributed by atoms with van der Waals surface area (Å²) in [4.78, 5) is 13.1. The molecule has 3 aliphatic rings. The van der Waals surface area contributed by atoms with Crippen molar-refractivity contribution in [2.75, 3.05) is 17.6 Å². The maximum Gasteiger partial charge on any atom is 0.141 e. The summed E-state index contributed by atoms with van der Waals surface area (Å²) in [5, 5.41) is 15.6. The van der Waals surface area contributed by atoms with Gasteiger partial charge in [0.25, 0.3) is 0 Å². The number of allylic oxidation sites excluding steroid dienone is 2. The molecule has 0 bridgehead atoms. The lowest BCUT2D eigenvalue weighted by Crippen LogP contribution is -2.25. The summed E-state index contributed by atoms with van der Waals surface area (Å²) in [7, 11) is 0. The first-order chi connectivity index (χ1) is 13.0. The van der Waals surface area contributed by atoms with Crippen molar-refractivity contribution in [1.82, 2.24) is 15.3 Å². The van der Waals surface area contributed by atoms with Gasteiger partial charge in [-0.1, -0.05) is 18.2 Å². The summed E-state index contributed by atoms with van der Waals surface area (Å²) in [5.41, 5.74) is 10.2. The number of aromatic nitrogens is 2. The molecule has 0 unspecified atom stereocenters. The third-order valence-corrected chi connectivity index (χ3v) is 4.77. The van der Waals surface area contributed by atoms with Crippen LogP contribution < -0.4 is 16.4 Å². The second kappa shape index (κ2) is 6.98. The molecule has 27 heavy (non-hydrogen) atoms. The number of nitrogens with one attached hydrogen (secondary N) is 3. The van der Waals surface area contributed by atoms with Crippen LogP contribution in [0, 0.1) is 5.41 Å². The molecule has 140 valence electrons. The van der Waals surface area contributed by atoms with Gasteiger partial charge in [-0.2, -0.15) is 0 Å². The molecule has 1 fully saturated rings. The number of nitrogens with zero attached hydrogens (tertiary/aromatic N) is 3. The van der Waals surface area contributed by atoms with Crippen LogP contribution in [0.5, 0.6) is 0 Å². The Hall–Kier alpha value is -2.96. The lowest BCUT2D eigenvalue weighted by atomic mass is 9.98. The van der Waals surface area contributed by atoms with E-state index in [0.717, 1.165) is 22.6 Å². The number of nitrogens with two attached hydrogens (primary N) is 1. The Morgan fingerprint density at radius 3 is 2.85 bits per heavy atom. The largest absolute Gasteiger partial charge is 0.383 e. The molecule has 4 rings (SSSR count). The zero-order valence-corrected chi connectivity index (χ0v) is 15.7. The first kappa shape index (κ1) is 17.5. The number of anilines is 2. The first-order valence-corrected chi connectivity index (χ1v) is 9.41. The molecule has 1 aromatic heterocycles. The molecule has 5 N–H and O–H groups in total. The Bertz CT molecular complexity index is 901. The Kier molecular flexibility index (Phi) is 4.51. The van der Waals surface area contributed by atoms with Gasteiger partial charge < -0.3 is 16.4 Å². The predicted molar refractivity (Wildman–Crippen MR) is 109 cm³/mol. The predicted octanol–water partition coefficient (Wildman–Crippen LogP) is 2.59. The number of amidine groups is 1. The normalized spacial score (nSPS) is 18.8. The van der Waals surface area contributed by atoms with E-state index >= 15 is 0 Å². The molecule has 0 aromatic carbocycles. The highest BCUT2D eigenvalue weighted by atomic mass is 15.1. The fraction of sp³-hybridized carbons (Fsp3) is 0.400. The van der Waals surface area contributed by atoms with Crippen LogP contribution in [0.4, 0.5) is 11.6 Å². The summed E-state index contributed by atoms with van der Waals surface area (Å²) in [6.45, 7) is 4.70. The minimum Gasteiger partial charge on any atom is -0.383 e. The zero-order chi connectivity index (χ0) is 19.0. The smallest absolute Gasteiger partial charge is 0.141 e. The second-order valence-corrected chi connectivity index (χ2v) is 7.45. The summed E-state index contributed by atoms with van der Waals surface area (Å²) in [5.74, 6) is 1.90. The topological polar surface area (TPSA) is 112 Å². The number of aliphatic imine (C=N–C) groups is 1. The first-order valence-electron chi connectivity index (χ1n) is 9.41. The molecule has 0 saturated heterocycles. The summed E-state index contributed by atoms with van der Waals surface area (Å²) in [6, 6.07) is 0.752. The quantitative estimate of drug-likeness (QED) is 0.601. The molecule has 1 aromatic rings. The van der Waals surface area contributed by atoms with Gasteiger partial charge in [-0.05, 0) is 44.3 Å². The number of rotatable bonds is 5. The highest BCUT2D eigenvalue weighted by Crippen LogP contribution is 2.29. The van der Waals surface area contributed by atoms with Gasteiger partial charge in [-0.3, -0.25) is 10.4 Å². The van der Waals surface area contributed by atoms with Gasteiger partial charge in [0, 0.05) is 17.7 Å². The van der Waals surface area contributed by atoms with Crippen LogP contribution in [0.15, 0.2) is 46.3 Å². The monoisotopic (exact) mass is 363 g/mol.